The second-order valence-electron chi connectivity index (χ2n) is 4.67. The molecule has 3 rings (SSSR count). The van der Waals surface area contributed by atoms with Crippen LogP contribution in [0.2, 0.25) is 10.0 Å². The van der Waals surface area contributed by atoms with E-state index in [-0.39, 0.29) is 5.75 Å². The van der Waals surface area contributed by atoms with Crippen LogP contribution in [0.1, 0.15) is 5.56 Å². The van der Waals surface area contributed by atoms with Gasteiger partial charge in [0.1, 0.15) is 11.6 Å². The molecule has 0 fully saturated rings. The second kappa shape index (κ2) is 5.80. The molecule has 106 valence electrons. The van der Waals surface area contributed by atoms with Crippen molar-refractivity contribution in [2.75, 3.05) is 0 Å². The lowest BCUT2D eigenvalue weighted by molar-refractivity contribution is 0.475. The highest BCUT2D eigenvalue weighted by Crippen LogP contribution is 2.28. The lowest BCUT2D eigenvalue weighted by Gasteiger charge is -2.09. The maximum absolute atomic E-state index is 9.33. The Bertz CT molecular complexity index is 766. The zero-order valence-electron chi connectivity index (χ0n) is 11.0. The average molecular weight is 319 g/mol. The Hall–Kier alpha value is -1.97. The van der Waals surface area contributed by atoms with Crippen molar-refractivity contribution in [1.29, 1.82) is 0 Å². The predicted octanol–water partition coefficient (Wildman–Crippen LogP) is 4.61. The molecule has 0 aliphatic rings. The smallest absolute Gasteiger partial charge is 0.140 e. The lowest BCUT2D eigenvalue weighted by Crippen LogP contribution is -2.01. The highest BCUT2D eigenvalue weighted by atomic mass is 35.5. The van der Waals surface area contributed by atoms with Crippen LogP contribution in [0, 0.1) is 0 Å². The first-order valence-electron chi connectivity index (χ1n) is 6.38. The lowest BCUT2D eigenvalue weighted by atomic mass is 10.2. The average Bonchev–Trinajstić information content (AvgIpc) is 2.92. The van der Waals surface area contributed by atoms with Gasteiger partial charge < -0.3 is 9.67 Å². The Kier molecular flexibility index (Phi) is 3.86. The number of nitrogens with zero attached hydrogens (tertiary/aromatic N) is 2. The van der Waals surface area contributed by atoms with Gasteiger partial charge in [-0.25, -0.2) is 4.98 Å². The van der Waals surface area contributed by atoms with E-state index < -0.39 is 0 Å². The van der Waals surface area contributed by atoms with Crippen molar-refractivity contribution in [3.63, 3.8) is 0 Å². The maximum Gasteiger partial charge on any atom is 0.140 e. The maximum atomic E-state index is 9.33. The molecule has 3 nitrogen and oxygen atoms in total. The van der Waals surface area contributed by atoms with E-state index in [1.807, 2.05) is 29.0 Å². The second-order valence-corrected chi connectivity index (χ2v) is 5.49. The normalized spacial score (nSPS) is 10.8. The summed E-state index contributed by atoms with van der Waals surface area (Å²) in [6.07, 6.45) is 3.66. The molecule has 1 N–H and O–H groups in total. The van der Waals surface area contributed by atoms with Crippen molar-refractivity contribution < 1.29 is 5.11 Å². The van der Waals surface area contributed by atoms with E-state index >= 15 is 0 Å². The van der Waals surface area contributed by atoms with Crippen LogP contribution in [-0.4, -0.2) is 14.7 Å². The molecule has 1 heterocycles. The molecule has 0 saturated heterocycles. The third-order valence-corrected chi connectivity index (χ3v) is 3.92. The SMILES string of the molecule is Oc1ccc(Cn2ccnc2-c2ccc(Cl)c(Cl)c2)cc1. The van der Waals surface area contributed by atoms with E-state index in [1.165, 1.54) is 0 Å². The quantitative estimate of drug-likeness (QED) is 0.765. The monoisotopic (exact) mass is 318 g/mol. The minimum Gasteiger partial charge on any atom is -0.508 e. The first-order chi connectivity index (χ1) is 10.1. The van der Waals surface area contributed by atoms with Crippen LogP contribution in [0.15, 0.2) is 54.9 Å². The number of aromatic hydroxyl groups is 1. The molecule has 5 heteroatoms. The molecule has 0 amide bonds. The van der Waals surface area contributed by atoms with E-state index in [0.29, 0.717) is 16.6 Å². The van der Waals surface area contributed by atoms with Gasteiger partial charge >= 0.3 is 0 Å². The van der Waals surface area contributed by atoms with Gasteiger partial charge in [0, 0.05) is 24.5 Å². The minimum absolute atomic E-state index is 0.258. The van der Waals surface area contributed by atoms with Gasteiger partial charge in [-0.05, 0) is 35.9 Å². The van der Waals surface area contributed by atoms with Gasteiger partial charge in [0.15, 0.2) is 0 Å². The Morgan fingerprint density at radius 2 is 1.76 bits per heavy atom. The standard InChI is InChI=1S/C16H12Cl2N2O/c17-14-6-3-12(9-15(14)18)16-19-7-8-20(16)10-11-1-4-13(21)5-2-11/h1-9,21H,10H2. The molecule has 0 spiro atoms. The van der Waals surface area contributed by atoms with Crippen LogP contribution in [0.5, 0.6) is 5.75 Å². The third kappa shape index (κ3) is 3.04. The summed E-state index contributed by atoms with van der Waals surface area (Å²) in [4.78, 5) is 4.38. The van der Waals surface area contributed by atoms with Crippen LogP contribution in [0.3, 0.4) is 0 Å². The summed E-state index contributed by atoms with van der Waals surface area (Å²) < 4.78 is 2.02. The minimum atomic E-state index is 0.258. The van der Waals surface area contributed by atoms with Crippen LogP contribution >= 0.6 is 23.2 Å². The van der Waals surface area contributed by atoms with Gasteiger partial charge in [0.05, 0.1) is 10.0 Å². The van der Waals surface area contributed by atoms with Gasteiger partial charge in [0.2, 0.25) is 0 Å². The Morgan fingerprint density at radius 3 is 2.48 bits per heavy atom. The molecule has 0 saturated carbocycles. The van der Waals surface area contributed by atoms with Crippen molar-refractivity contribution in [2.45, 2.75) is 6.54 Å². The number of aromatic nitrogens is 2. The fourth-order valence-electron chi connectivity index (χ4n) is 2.13. The highest BCUT2D eigenvalue weighted by molar-refractivity contribution is 6.42. The van der Waals surface area contributed by atoms with Crippen LogP contribution in [0.4, 0.5) is 0 Å². The Labute approximate surface area is 132 Å². The van der Waals surface area contributed by atoms with Crippen molar-refractivity contribution in [3.8, 4) is 17.1 Å². The summed E-state index contributed by atoms with van der Waals surface area (Å²) in [5.41, 5.74) is 1.99. The first-order valence-corrected chi connectivity index (χ1v) is 7.13. The van der Waals surface area contributed by atoms with E-state index in [9.17, 15) is 5.11 Å². The van der Waals surface area contributed by atoms with E-state index in [1.54, 1.807) is 30.5 Å². The van der Waals surface area contributed by atoms with Gasteiger partial charge in [-0.1, -0.05) is 35.3 Å². The number of halogens is 2. The zero-order chi connectivity index (χ0) is 14.8. The van der Waals surface area contributed by atoms with Crippen molar-refractivity contribution >= 4 is 23.2 Å². The number of phenols is 1. The largest absolute Gasteiger partial charge is 0.508 e. The van der Waals surface area contributed by atoms with Crippen molar-refractivity contribution in [2.24, 2.45) is 0 Å². The van der Waals surface area contributed by atoms with E-state index in [4.69, 9.17) is 23.2 Å². The van der Waals surface area contributed by atoms with Gasteiger partial charge in [-0.2, -0.15) is 0 Å². The molecule has 0 radical (unpaired) electrons. The number of rotatable bonds is 3. The molecular weight excluding hydrogens is 307 g/mol. The Balaban J connectivity index is 1.93. The molecule has 1 aromatic heterocycles. The number of phenolic OH excluding ortho intramolecular Hbond substituents is 1. The summed E-state index contributed by atoms with van der Waals surface area (Å²) in [5, 5.41) is 10.4. The summed E-state index contributed by atoms with van der Waals surface area (Å²) in [7, 11) is 0. The predicted molar refractivity (Wildman–Crippen MR) is 84.9 cm³/mol. The van der Waals surface area contributed by atoms with Crippen molar-refractivity contribution in [1.82, 2.24) is 9.55 Å². The van der Waals surface area contributed by atoms with E-state index in [2.05, 4.69) is 4.98 Å². The molecule has 0 unspecified atom stereocenters. The van der Waals surface area contributed by atoms with Crippen LogP contribution in [0.25, 0.3) is 11.4 Å². The molecular formula is C16H12Cl2N2O. The fraction of sp³-hybridized carbons (Fsp3) is 0.0625. The molecule has 0 bridgehead atoms. The molecule has 0 atom stereocenters. The highest BCUT2D eigenvalue weighted by Gasteiger charge is 2.08. The molecule has 3 aromatic rings. The number of hydrogen-bond donors (Lipinski definition) is 1. The van der Waals surface area contributed by atoms with Crippen LogP contribution in [-0.2, 0) is 6.54 Å². The van der Waals surface area contributed by atoms with E-state index in [0.717, 1.165) is 17.0 Å². The fourth-order valence-corrected chi connectivity index (χ4v) is 2.43. The summed E-state index contributed by atoms with van der Waals surface area (Å²) in [6, 6.07) is 12.6. The molecule has 0 aliphatic heterocycles. The molecule has 0 aliphatic carbocycles. The van der Waals surface area contributed by atoms with Gasteiger partial charge in [-0.3, -0.25) is 0 Å². The first kappa shape index (κ1) is 14.0. The Morgan fingerprint density at radius 1 is 1.00 bits per heavy atom. The summed E-state index contributed by atoms with van der Waals surface area (Å²) in [5.74, 6) is 1.08. The van der Waals surface area contributed by atoms with Crippen molar-refractivity contribution in [3.05, 3.63) is 70.5 Å². The van der Waals surface area contributed by atoms with Crippen LogP contribution < -0.4 is 0 Å². The molecule has 2 aromatic carbocycles. The third-order valence-electron chi connectivity index (χ3n) is 3.18. The summed E-state index contributed by atoms with van der Waals surface area (Å²) in [6.45, 7) is 0.663. The molecule has 21 heavy (non-hydrogen) atoms. The number of benzene rings is 2. The van der Waals surface area contributed by atoms with Gasteiger partial charge in [-0.15, -0.1) is 0 Å². The number of hydrogen-bond acceptors (Lipinski definition) is 2. The number of imidazole rings is 1. The topological polar surface area (TPSA) is 38.0 Å². The van der Waals surface area contributed by atoms with Gasteiger partial charge in [0.25, 0.3) is 0 Å². The zero-order valence-corrected chi connectivity index (χ0v) is 12.5. The summed E-state index contributed by atoms with van der Waals surface area (Å²) >= 11 is 12.0.